The molecule has 160 valence electrons. The van der Waals surface area contributed by atoms with Gasteiger partial charge in [0.2, 0.25) is 5.91 Å². The molecular formula is C22H28N4O4. The van der Waals surface area contributed by atoms with E-state index < -0.39 is 12.1 Å². The number of fused-ring (bicyclic) bond motifs is 1. The minimum atomic E-state index is -0.630. The lowest BCUT2D eigenvalue weighted by Gasteiger charge is -2.14. The average Bonchev–Trinajstić information content (AvgIpc) is 3.45. The lowest BCUT2D eigenvalue weighted by molar-refractivity contribution is -0.127. The van der Waals surface area contributed by atoms with Crippen molar-refractivity contribution in [2.45, 2.75) is 57.0 Å². The highest BCUT2D eigenvalue weighted by Gasteiger charge is 2.37. The number of hydrogen-bond acceptors (Lipinski definition) is 4. The second-order valence-electron chi connectivity index (χ2n) is 8.05. The van der Waals surface area contributed by atoms with Crippen molar-refractivity contribution in [3.8, 4) is 5.75 Å². The average molecular weight is 412 g/mol. The van der Waals surface area contributed by atoms with Crippen LogP contribution in [0.25, 0.3) is 10.9 Å². The van der Waals surface area contributed by atoms with E-state index in [1.165, 1.54) is 4.90 Å². The van der Waals surface area contributed by atoms with Gasteiger partial charge in [0.15, 0.2) is 0 Å². The Morgan fingerprint density at radius 3 is 2.83 bits per heavy atom. The molecule has 1 saturated heterocycles. The molecule has 1 aliphatic carbocycles. The maximum atomic E-state index is 12.7. The van der Waals surface area contributed by atoms with E-state index in [1.54, 1.807) is 7.11 Å². The number of ether oxygens (including phenoxy) is 1. The van der Waals surface area contributed by atoms with Gasteiger partial charge in [-0.3, -0.25) is 14.5 Å². The standard InChI is InChI=1S/C22H28N4O4/c1-30-16-6-7-18-17(12-16)14(13-23-18)10-11-26-21(28)19(25-22(26)29)8-9-20(27)24-15-4-2-3-5-15/h6-7,12-13,15,19,23H,2-5,8-11H2,1H3,(H,24,27)(H,25,29). The second kappa shape index (κ2) is 8.77. The van der Waals surface area contributed by atoms with Gasteiger partial charge in [-0.15, -0.1) is 0 Å². The molecule has 1 aromatic carbocycles. The number of amides is 4. The number of methoxy groups -OCH3 is 1. The molecule has 30 heavy (non-hydrogen) atoms. The number of carbonyl (C=O) groups is 3. The summed E-state index contributed by atoms with van der Waals surface area (Å²) in [6, 6.07) is 5.01. The largest absolute Gasteiger partial charge is 0.497 e. The van der Waals surface area contributed by atoms with Crippen molar-refractivity contribution < 1.29 is 19.1 Å². The molecule has 0 bridgehead atoms. The molecule has 0 spiro atoms. The van der Waals surface area contributed by atoms with Crippen molar-refractivity contribution in [2.24, 2.45) is 0 Å². The first-order valence-electron chi connectivity index (χ1n) is 10.6. The van der Waals surface area contributed by atoms with Gasteiger partial charge in [-0.05, 0) is 49.4 Å². The van der Waals surface area contributed by atoms with Gasteiger partial charge in [-0.2, -0.15) is 0 Å². The fourth-order valence-electron chi connectivity index (χ4n) is 4.35. The highest BCUT2D eigenvalue weighted by molar-refractivity contribution is 6.04. The molecule has 4 amide bonds. The minimum Gasteiger partial charge on any atom is -0.497 e. The summed E-state index contributed by atoms with van der Waals surface area (Å²) in [4.78, 5) is 41.6. The highest BCUT2D eigenvalue weighted by atomic mass is 16.5. The summed E-state index contributed by atoms with van der Waals surface area (Å²) in [5.41, 5.74) is 2.00. The van der Waals surface area contributed by atoms with Gasteiger partial charge in [-0.1, -0.05) is 12.8 Å². The van der Waals surface area contributed by atoms with Crippen LogP contribution in [0.1, 0.15) is 44.1 Å². The predicted octanol–water partition coefficient (Wildman–Crippen LogP) is 2.48. The molecule has 3 N–H and O–H groups in total. The van der Waals surface area contributed by atoms with Crippen molar-refractivity contribution in [1.29, 1.82) is 0 Å². The SMILES string of the molecule is COc1ccc2[nH]cc(CCN3C(=O)NC(CCC(=O)NC4CCCC4)C3=O)c2c1. The number of aromatic amines is 1. The van der Waals surface area contributed by atoms with Gasteiger partial charge in [0.25, 0.3) is 5.91 Å². The van der Waals surface area contributed by atoms with Gasteiger partial charge in [0.1, 0.15) is 11.8 Å². The lowest BCUT2D eigenvalue weighted by Crippen LogP contribution is -2.35. The van der Waals surface area contributed by atoms with E-state index in [9.17, 15) is 14.4 Å². The Morgan fingerprint density at radius 1 is 1.27 bits per heavy atom. The number of H-pyrrole nitrogens is 1. The molecular weight excluding hydrogens is 384 g/mol. The van der Waals surface area contributed by atoms with Gasteiger partial charge >= 0.3 is 6.03 Å². The third-order valence-corrected chi connectivity index (χ3v) is 6.07. The fraction of sp³-hybridized carbons (Fsp3) is 0.500. The van der Waals surface area contributed by atoms with Crippen LogP contribution in [0.4, 0.5) is 4.79 Å². The van der Waals surface area contributed by atoms with Gasteiger partial charge in [0.05, 0.1) is 7.11 Å². The lowest BCUT2D eigenvalue weighted by atomic mass is 10.1. The Bertz CT molecular complexity index is 948. The zero-order valence-corrected chi connectivity index (χ0v) is 17.2. The van der Waals surface area contributed by atoms with Crippen LogP contribution in [0.2, 0.25) is 0 Å². The van der Waals surface area contributed by atoms with Gasteiger partial charge in [0, 0.05) is 36.1 Å². The molecule has 8 heteroatoms. The van der Waals surface area contributed by atoms with Crippen molar-refractivity contribution in [2.75, 3.05) is 13.7 Å². The Labute approximate surface area is 175 Å². The van der Waals surface area contributed by atoms with Crippen molar-refractivity contribution in [3.63, 3.8) is 0 Å². The van der Waals surface area contributed by atoms with E-state index in [1.807, 2.05) is 24.4 Å². The number of aromatic nitrogens is 1. The molecule has 2 heterocycles. The molecule has 8 nitrogen and oxygen atoms in total. The van der Waals surface area contributed by atoms with Crippen LogP contribution in [0, 0.1) is 0 Å². The summed E-state index contributed by atoms with van der Waals surface area (Å²) < 4.78 is 5.29. The number of carbonyl (C=O) groups excluding carboxylic acids is 3. The fourth-order valence-corrected chi connectivity index (χ4v) is 4.35. The van der Waals surface area contributed by atoms with Crippen LogP contribution in [0.15, 0.2) is 24.4 Å². The quantitative estimate of drug-likeness (QED) is 0.580. The van der Waals surface area contributed by atoms with Crippen molar-refractivity contribution >= 4 is 28.7 Å². The van der Waals surface area contributed by atoms with E-state index in [0.717, 1.165) is 47.9 Å². The number of hydrogen-bond donors (Lipinski definition) is 3. The highest BCUT2D eigenvalue weighted by Crippen LogP contribution is 2.24. The number of nitrogens with zero attached hydrogens (tertiary/aromatic N) is 1. The van der Waals surface area contributed by atoms with Gasteiger partial charge < -0.3 is 20.4 Å². The third kappa shape index (κ3) is 4.27. The zero-order chi connectivity index (χ0) is 21.1. The van der Waals surface area contributed by atoms with E-state index in [4.69, 9.17) is 4.74 Å². The Kier molecular flexibility index (Phi) is 5.92. The van der Waals surface area contributed by atoms with Crippen LogP contribution in [0.5, 0.6) is 5.75 Å². The number of nitrogens with one attached hydrogen (secondary N) is 3. The number of benzene rings is 1. The van der Waals surface area contributed by atoms with E-state index >= 15 is 0 Å². The topological polar surface area (TPSA) is 104 Å². The molecule has 4 rings (SSSR count). The summed E-state index contributed by atoms with van der Waals surface area (Å²) in [5, 5.41) is 6.75. The molecule has 1 atom stereocenters. The maximum Gasteiger partial charge on any atom is 0.324 e. The second-order valence-corrected chi connectivity index (χ2v) is 8.05. The smallest absolute Gasteiger partial charge is 0.324 e. The van der Waals surface area contributed by atoms with Crippen molar-refractivity contribution in [3.05, 3.63) is 30.0 Å². The summed E-state index contributed by atoms with van der Waals surface area (Å²) in [6.45, 7) is 0.291. The Morgan fingerprint density at radius 2 is 2.07 bits per heavy atom. The number of urea groups is 1. The monoisotopic (exact) mass is 412 g/mol. The zero-order valence-electron chi connectivity index (χ0n) is 17.2. The van der Waals surface area contributed by atoms with E-state index in [2.05, 4.69) is 15.6 Å². The van der Waals surface area contributed by atoms with Crippen LogP contribution in [0.3, 0.4) is 0 Å². The molecule has 2 aliphatic rings. The maximum absolute atomic E-state index is 12.7. The minimum absolute atomic E-state index is 0.0462. The molecule has 1 aromatic heterocycles. The predicted molar refractivity (Wildman–Crippen MR) is 112 cm³/mol. The summed E-state index contributed by atoms with van der Waals surface area (Å²) in [5.74, 6) is 0.454. The third-order valence-electron chi connectivity index (χ3n) is 6.07. The Balaban J connectivity index is 1.31. The normalized spacial score (nSPS) is 19.5. The summed E-state index contributed by atoms with van der Waals surface area (Å²) >= 11 is 0. The molecule has 1 aliphatic heterocycles. The van der Waals surface area contributed by atoms with Gasteiger partial charge in [-0.25, -0.2) is 4.79 Å². The van der Waals surface area contributed by atoms with Crippen LogP contribution in [-0.2, 0) is 16.0 Å². The first kappa shape index (κ1) is 20.3. The van der Waals surface area contributed by atoms with Crippen LogP contribution in [-0.4, -0.2) is 53.5 Å². The number of rotatable bonds is 8. The van der Waals surface area contributed by atoms with Crippen LogP contribution < -0.4 is 15.4 Å². The number of imide groups is 1. The Hall–Kier alpha value is -3.03. The van der Waals surface area contributed by atoms with Crippen molar-refractivity contribution in [1.82, 2.24) is 20.5 Å². The molecule has 2 fully saturated rings. The summed E-state index contributed by atoms with van der Waals surface area (Å²) in [6.07, 6.45) is 7.36. The molecule has 2 aromatic rings. The van der Waals surface area contributed by atoms with E-state index in [-0.39, 0.29) is 24.3 Å². The first-order chi connectivity index (χ1) is 14.5. The van der Waals surface area contributed by atoms with Crippen LogP contribution >= 0.6 is 0 Å². The van der Waals surface area contributed by atoms with E-state index in [0.29, 0.717) is 19.4 Å². The molecule has 1 saturated carbocycles. The molecule has 0 radical (unpaired) electrons. The molecule has 1 unspecified atom stereocenters. The first-order valence-corrected chi connectivity index (χ1v) is 10.6. The summed E-state index contributed by atoms with van der Waals surface area (Å²) in [7, 11) is 1.62.